The van der Waals surface area contributed by atoms with Gasteiger partial charge in [-0.05, 0) is 86.6 Å². The summed E-state index contributed by atoms with van der Waals surface area (Å²) in [5, 5.41) is 2.70. The van der Waals surface area contributed by atoms with E-state index >= 15 is 0 Å². The molecule has 0 saturated heterocycles. The van der Waals surface area contributed by atoms with Crippen LogP contribution in [-0.2, 0) is 0 Å². The smallest absolute Gasteiger partial charge is 0.0467 e. The number of hydrogen-bond acceptors (Lipinski definition) is 2. The van der Waals surface area contributed by atoms with Crippen LogP contribution in [0.1, 0.15) is 0 Å². The van der Waals surface area contributed by atoms with Crippen molar-refractivity contribution < 1.29 is 0 Å². The van der Waals surface area contributed by atoms with Crippen molar-refractivity contribution in [3.8, 4) is 54.3 Å². The van der Waals surface area contributed by atoms with Gasteiger partial charge in [0, 0.05) is 37.9 Å². The van der Waals surface area contributed by atoms with Crippen molar-refractivity contribution in [2.24, 2.45) is 0 Å². The zero-order valence-corrected chi connectivity index (χ0v) is 25.9. The van der Waals surface area contributed by atoms with Gasteiger partial charge in [0.2, 0.25) is 0 Å². The lowest BCUT2D eigenvalue weighted by Crippen LogP contribution is -2.10. The van der Waals surface area contributed by atoms with Gasteiger partial charge in [-0.15, -0.1) is 11.3 Å². The molecule has 1 nitrogen and oxygen atoms in total. The summed E-state index contributed by atoms with van der Waals surface area (Å²) in [6, 6.07) is 63.7. The van der Waals surface area contributed by atoms with Crippen LogP contribution in [0.5, 0.6) is 0 Å². The lowest BCUT2D eigenvalue weighted by Gasteiger charge is -2.26. The van der Waals surface area contributed by atoms with Crippen LogP contribution in [0.15, 0.2) is 176 Å². The highest BCUT2D eigenvalue weighted by Gasteiger charge is 2.24. The molecule has 1 heterocycles. The molecule has 0 aliphatic heterocycles. The van der Waals surface area contributed by atoms with Gasteiger partial charge in [0.05, 0.1) is 0 Å². The molecule has 0 saturated carbocycles. The molecule has 1 aliphatic carbocycles. The fourth-order valence-electron chi connectivity index (χ4n) is 6.82. The second kappa shape index (κ2) is 11.0. The van der Waals surface area contributed by atoms with Gasteiger partial charge < -0.3 is 4.90 Å². The van der Waals surface area contributed by atoms with Crippen LogP contribution in [0.2, 0.25) is 0 Å². The third-order valence-corrected chi connectivity index (χ3v) is 10.2. The van der Waals surface area contributed by atoms with E-state index in [4.69, 9.17) is 0 Å². The van der Waals surface area contributed by atoms with Crippen molar-refractivity contribution in [2.75, 3.05) is 4.90 Å². The molecular weight excluding hydrogens is 575 g/mol. The molecule has 0 bridgehead atoms. The van der Waals surface area contributed by atoms with Crippen LogP contribution < -0.4 is 4.90 Å². The van der Waals surface area contributed by atoms with E-state index in [1.807, 2.05) is 11.3 Å². The first-order chi connectivity index (χ1) is 22.8. The summed E-state index contributed by atoms with van der Waals surface area (Å²) in [5.74, 6) is 0. The topological polar surface area (TPSA) is 3.24 Å². The summed E-state index contributed by atoms with van der Waals surface area (Å²) < 4.78 is 0. The quantitative estimate of drug-likeness (QED) is 0.183. The minimum absolute atomic E-state index is 1.12. The van der Waals surface area contributed by atoms with Crippen molar-refractivity contribution >= 4 is 39.2 Å². The lowest BCUT2D eigenvalue weighted by atomic mass is 10.0. The van der Waals surface area contributed by atoms with E-state index < -0.39 is 0 Å². The molecule has 0 spiro atoms. The second-order valence-corrected chi connectivity index (χ2v) is 12.8. The van der Waals surface area contributed by atoms with Crippen molar-refractivity contribution in [3.63, 3.8) is 0 Å². The molecule has 0 N–H and O–H groups in total. The lowest BCUT2D eigenvalue weighted by molar-refractivity contribution is 1.28. The Hall–Kier alpha value is -5.70. The fraction of sp³-hybridized carbons (Fsp3) is 0. The van der Waals surface area contributed by atoms with Gasteiger partial charge in [0.1, 0.15) is 0 Å². The fourth-order valence-corrected chi connectivity index (χ4v) is 8.03. The number of fused-ring (bicyclic) bond motifs is 3. The van der Waals surface area contributed by atoms with Crippen LogP contribution >= 0.6 is 11.3 Å². The Kier molecular flexibility index (Phi) is 6.40. The zero-order chi connectivity index (χ0) is 30.5. The Balaban J connectivity index is 1.13. The number of hydrogen-bond donors (Lipinski definition) is 0. The highest BCUT2D eigenvalue weighted by Crippen LogP contribution is 2.53. The van der Waals surface area contributed by atoms with Gasteiger partial charge in [-0.25, -0.2) is 0 Å². The molecule has 7 aromatic carbocycles. The highest BCUT2D eigenvalue weighted by atomic mass is 32.1. The molecule has 2 heteroatoms. The van der Waals surface area contributed by atoms with Gasteiger partial charge in [0.25, 0.3) is 0 Å². The Labute approximate surface area is 273 Å². The summed E-state index contributed by atoms with van der Waals surface area (Å²) >= 11 is 1.90. The molecule has 46 heavy (non-hydrogen) atoms. The number of rotatable bonds is 6. The predicted octanol–water partition coefficient (Wildman–Crippen LogP) is 13.0. The van der Waals surface area contributed by atoms with Crippen LogP contribution in [0.25, 0.3) is 65.0 Å². The van der Waals surface area contributed by atoms with Gasteiger partial charge >= 0.3 is 0 Å². The average Bonchev–Trinajstić information content (AvgIpc) is 3.70. The van der Waals surface area contributed by atoms with Crippen molar-refractivity contribution in [1.82, 2.24) is 0 Å². The van der Waals surface area contributed by atoms with Gasteiger partial charge in [-0.2, -0.15) is 0 Å². The zero-order valence-electron chi connectivity index (χ0n) is 25.1. The maximum absolute atomic E-state index is 2.38. The van der Waals surface area contributed by atoms with Crippen molar-refractivity contribution in [3.05, 3.63) is 176 Å². The van der Waals surface area contributed by atoms with E-state index in [-0.39, 0.29) is 0 Å². The van der Waals surface area contributed by atoms with Gasteiger partial charge in [0.15, 0.2) is 0 Å². The van der Waals surface area contributed by atoms with Gasteiger partial charge in [-0.3, -0.25) is 0 Å². The predicted molar refractivity (Wildman–Crippen MR) is 197 cm³/mol. The third-order valence-electron chi connectivity index (χ3n) is 9.00. The van der Waals surface area contributed by atoms with Crippen LogP contribution in [0.4, 0.5) is 17.1 Å². The third kappa shape index (κ3) is 4.54. The standard InChI is InChI=1S/C44H29NS/c1-3-11-30(12-4-1)34-17-7-19-37(27-34)45(38-20-8-18-35(28-38)31-13-5-2-6-14-31)36-25-23-32(24-26-36)42-29-41-39-21-9-15-33-16-10-22-40(43(33)39)44(41)46-42/h1-29H. The number of anilines is 3. The maximum atomic E-state index is 2.38. The Morgan fingerprint density at radius 1 is 0.348 bits per heavy atom. The van der Waals surface area contributed by atoms with E-state index in [0.29, 0.717) is 0 Å². The van der Waals surface area contributed by atoms with Crippen LogP contribution in [-0.4, -0.2) is 0 Å². The second-order valence-electron chi connectivity index (χ2n) is 11.8. The summed E-state index contributed by atoms with van der Waals surface area (Å²) in [5.41, 5.74) is 13.5. The summed E-state index contributed by atoms with van der Waals surface area (Å²) in [4.78, 5) is 5.04. The number of thiophene rings is 1. The largest absolute Gasteiger partial charge is 0.310 e. The molecular formula is C44H29NS. The van der Waals surface area contributed by atoms with Crippen LogP contribution in [0.3, 0.4) is 0 Å². The summed E-state index contributed by atoms with van der Waals surface area (Å²) in [6.45, 7) is 0. The Morgan fingerprint density at radius 3 is 1.50 bits per heavy atom. The molecule has 0 amide bonds. The normalized spacial score (nSPS) is 11.5. The van der Waals surface area contributed by atoms with E-state index in [9.17, 15) is 0 Å². The Morgan fingerprint density at radius 2 is 0.891 bits per heavy atom. The average molecular weight is 604 g/mol. The van der Waals surface area contributed by atoms with E-state index in [1.54, 1.807) is 0 Å². The first kappa shape index (κ1) is 26.7. The number of benzene rings is 7. The molecule has 0 unspecified atom stereocenters. The van der Waals surface area contributed by atoms with Crippen LogP contribution in [0, 0.1) is 0 Å². The van der Waals surface area contributed by atoms with E-state index in [1.165, 1.54) is 65.0 Å². The molecule has 0 atom stereocenters. The van der Waals surface area contributed by atoms with Crippen molar-refractivity contribution in [1.29, 1.82) is 0 Å². The van der Waals surface area contributed by atoms with E-state index in [0.717, 1.165) is 17.1 Å². The summed E-state index contributed by atoms with van der Waals surface area (Å²) in [7, 11) is 0. The molecule has 8 aromatic rings. The van der Waals surface area contributed by atoms with Gasteiger partial charge in [-0.1, -0.05) is 133 Å². The maximum Gasteiger partial charge on any atom is 0.0467 e. The SMILES string of the molecule is c1ccc(-c2cccc(N(c3ccc(-c4cc5c(s4)-c4cccc6cccc-5c46)cc3)c3cccc(-c4ccccc4)c3)c2)cc1. The minimum atomic E-state index is 1.12. The van der Waals surface area contributed by atoms with E-state index in [2.05, 4.69) is 181 Å². The first-order valence-electron chi connectivity index (χ1n) is 15.7. The van der Waals surface area contributed by atoms with Crippen molar-refractivity contribution in [2.45, 2.75) is 0 Å². The highest BCUT2D eigenvalue weighted by molar-refractivity contribution is 7.19. The molecule has 1 aromatic heterocycles. The Bertz CT molecular complexity index is 2210. The summed E-state index contributed by atoms with van der Waals surface area (Å²) in [6.07, 6.45) is 0. The first-order valence-corrected chi connectivity index (χ1v) is 16.5. The minimum Gasteiger partial charge on any atom is -0.310 e. The number of nitrogens with zero attached hydrogens (tertiary/aromatic N) is 1. The molecule has 9 rings (SSSR count). The molecule has 0 radical (unpaired) electrons. The molecule has 216 valence electrons. The molecule has 0 fully saturated rings. The monoisotopic (exact) mass is 603 g/mol. The molecule has 1 aliphatic rings.